The van der Waals surface area contributed by atoms with E-state index in [-0.39, 0.29) is 12.0 Å². The quantitative estimate of drug-likeness (QED) is 0.863. The average molecular weight is 299 g/mol. The normalized spacial score (nSPS) is 20.2. The van der Waals surface area contributed by atoms with Crippen molar-refractivity contribution in [1.29, 1.82) is 0 Å². The first-order chi connectivity index (χ1) is 10.2. The summed E-state index contributed by atoms with van der Waals surface area (Å²) in [6, 6.07) is 12.7. The maximum Gasteiger partial charge on any atom is 0.138 e. The van der Waals surface area contributed by atoms with Gasteiger partial charge in [-0.05, 0) is 43.3 Å². The smallest absolute Gasteiger partial charge is 0.138 e. The minimum absolute atomic E-state index is 0.110. The van der Waals surface area contributed by atoms with Crippen LogP contribution < -0.4 is 5.32 Å². The summed E-state index contributed by atoms with van der Waals surface area (Å²) in [5.41, 5.74) is 2.35. The van der Waals surface area contributed by atoms with Crippen LogP contribution in [0.5, 0.6) is 0 Å². The summed E-state index contributed by atoms with van der Waals surface area (Å²) in [5.74, 6) is 0.526. The van der Waals surface area contributed by atoms with E-state index < -0.39 is 0 Å². The molecule has 3 rings (SSSR count). The highest BCUT2D eigenvalue weighted by Crippen LogP contribution is 2.36. The molecule has 0 spiro atoms. The number of hydrogen-bond donors (Lipinski definition) is 1. The molecule has 1 aromatic heterocycles. The van der Waals surface area contributed by atoms with Gasteiger partial charge >= 0.3 is 0 Å². The van der Waals surface area contributed by atoms with Gasteiger partial charge < -0.3 is 5.32 Å². The second-order valence-corrected chi connectivity index (χ2v) is 6.80. The van der Waals surface area contributed by atoms with Crippen molar-refractivity contribution in [3.63, 3.8) is 0 Å². The van der Waals surface area contributed by atoms with Gasteiger partial charge in [0.25, 0.3) is 0 Å². The molecule has 110 valence electrons. The number of carbonyl (C=O) groups is 1. The van der Waals surface area contributed by atoms with Gasteiger partial charge in [0.05, 0.1) is 6.04 Å². The number of benzene rings is 1. The summed E-state index contributed by atoms with van der Waals surface area (Å²) >= 11 is 1.73. The van der Waals surface area contributed by atoms with Gasteiger partial charge in [-0.1, -0.05) is 30.2 Å². The van der Waals surface area contributed by atoms with Crippen LogP contribution in [0.4, 0.5) is 5.69 Å². The molecular weight excluding hydrogens is 278 g/mol. The Morgan fingerprint density at radius 2 is 2.00 bits per heavy atom. The number of hydrogen-bond acceptors (Lipinski definition) is 3. The molecule has 1 fully saturated rings. The second kappa shape index (κ2) is 6.44. The van der Waals surface area contributed by atoms with Gasteiger partial charge in [0.2, 0.25) is 0 Å². The molecular formula is C18H21NOS. The van der Waals surface area contributed by atoms with Crippen LogP contribution in [0.2, 0.25) is 0 Å². The van der Waals surface area contributed by atoms with Crippen molar-refractivity contribution in [3.05, 3.63) is 52.2 Å². The first kappa shape index (κ1) is 14.3. The molecule has 2 aromatic rings. The molecule has 1 heterocycles. The highest BCUT2D eigenvalue weighted by atomic mass is 32.1. The molecule has 2 nitrogen and oxygen atoms in total. The number of ketones is 1. The zero-order valence-corrected chi connectivity index (χ0v) is 13.2. The maximum absolute atomic E-state index is 12.3. The van der Waals surface area contributed by atoms with Crippen molar-refractivity contribution in [2.24, 2.45) is 5.92 Å². The van der Waals surface area contributed by atoms with E-state index >= 15 is 0 Å². The molecule has 0 bridgehead atoms. The van der Waals surface area contributed by atoms with Crippen LogP contribution in [0.25, 0.3) is 0 Å². The van der Waals surface area contributed by atoms with Crippen molar-refractivity contribution < 1.29 is 4.79 Å². The highest BCUT2D eigenvalue weighted by Gasteiger charge is 2.31. The van der Waals surface area contributed by atoms with Gasteiger partial charge in [-0.3, -0.25) is 4.79 Å². The lowest BCUT2D eigenvalue weighted by molar-refractivity contribution is -0.125. The lowest BCUT2D eigenvalue weighted by Crippen LogP contribution is -2.29. The Morgan fingerprint density at radius 1 is 1.19 bits per heavy atom. The Hall–Kier alpha value is -1.61. The summed E-state index contributed by atoms with van der Waals surface area (Å²) in [5, 5.41) is 5.69. The zero-order valence-electron chi connectivity index (χ0n) is 12.3. The SMILES string of the molecule is Cc1ccc(NC(c2cccs2)C2CCCCC2=O)cc1. The monoisotopic (exact) mass is 299 g/mol. The molecule has 0 radical (unpaired) electrons. The van der Waals surface area contributed by atoms with Crippen molar-refractivity contribution in [1.82, 2.24) is 0 Å². The second-order valence-electron chi connectivity index (χ2n) is 5.82. The molecule has 1 aliphatic rings. The van der Waals surface area contributed by atoms with E-state index in [1.165, 1.54) is 10.4 Å². The van der Waals surface area contributed by atoms with Crippen LogP contribution in [-0.4, -0.2) is 5.78 Å². The van der Waals surface area contributed by atoms with Crippen molar-refractivity contribution >= 4 is 22.8 Å². The maximum atomic E-state index is 12.3. The third-order valence-electron chi connectivity index (χ3n) is 4.23. The molecule has 0 aliphatic heterocycles. The van der Waals surface area contributed by atoms with Gasteiger partial charge in [0.1, 0.15) is 5.78 Å². The fourth-order valence-corrected chi connectivity index (χ4v) is 3.87. The number of Topliss-reactive ketones (excluding diaryl/α,β-unsaturated/α-hetero) is 1. The molecule has 2 atom stereocenters. The fourth-order valence-electron chi connectivity index (χ4n) is 3.03. The molecule has 1 aromatic carbocycles. The molecule has 21 heavy (non-hydrogen) atoms. The summed E-state index contributed by atoms with van der Waals surface area (Å²) in [6.45, 7) is 2.09. The van der Waals surface area contributed by atoms with Gasteiger partial charge in [-0.2, -0.15) is 0 Å². The number of thiophene rings is 1. The zero-order chi connectivity index (χ0) is 14.7. The highest BCUT2D eigenvalue weighted by molar-refractivity contribution is 7.10. The van der Waals surface area contributed by atoms with E-state index in [2.05, 4.69) is 54.0 Å². The third-order valence-corrected chi connectivity index (χ3v) is 5.18. The average Bonchev–Trinajstić information content (AvgIpc) is 3.02. The van der Waals surface area contributed by atoms with Crippen LogP contribution in [0.1, 0.15) is 42.2 Å². The van der Waals surface area contributed by atoms with Gasteiger partial charge in [-0.25, -0.2) is 0 Å². The Bertz CT molecular complexity index is 588. The van der Waals surface area contributed by atoms with Crippen LogP contribution in [0.3, 0.4) is 0 Å². The van der Waals surface area contributed by atoms with Crippen molar-refractivity contribution in [2.45, 2.75) is 38.6 Å². The molecule has 0 amide bonds. The van der Waals surface area contributed by atoms with Gasteiger partial charge in [0, 0.05) is 22.9 Å². The molecule has 1 N–H and O–H groups in total. The number of carbonyl (C=O) groups excluding carboxylic acids is 1. The van der Waals surface area contributed by atoms with Gasteiger partial charge in [0.15, 0.2) is 0 Å². The lowest BCUT2D eigenvalue weighted by atomic mass is 9.82. The van der Waals surface area contributed by atoms with E-state index in [1.807, 2.05) is 0 Å². The first-order valence-electron chi connectivity index (χ1n) is 7.63. The molecule has 1 saturated carbocycles. The third kappa shape index (κ3) is 3.35. The summed E-state index contributed by atoms with van der Waals surface area (Å²) in [4.78, 5) is 13.6. The molecule has 3 heteroatoms. The molecule has 1 aliphatic carbocycles. The van der Waals surface area contributed by atoms with E-state index in [9.17, 15) is 4.79 Å². The van der Waals surface area contributed by atoms with E-state index in [4.69, 9.17) is 0 Å². The Kier molecular flexibility index (Phi) is 4.39. The first-order valence-corrected chi connectivity index (χ1v) is 8.51. The fraction of sp³-hybridized carbons (Fsp3) is 0.389. The predicted molar refractivity (Wildman–Crippen MR) is 88.8 cm³/mol. The largest absolute Gasteiger partial charge is 0.377 e. The molecule has 0 saturated heterocycles. The number of anilines is 1. The predicted octanol–water partition coefficient (Wildman–Crippen LogP) is 4.97. The lowest BCUT2D eigenvalue weighted by Gasteiger charge is -2.30. The van der Waals surface area contributed by atoms with Crippen LogP contribution in [-0.2, 0) is 4.79 Å². The Morgan fingerprint density at radius 3 is 2.67 bits per heavy atom. The topological polar surface area (TPSA) is 29.1 Å². The summed E-state index contributed by atoms with van der Waals surface area (Å²) in [6.07, 6.45) is 3.95. The van der Waals surface area contributed by atoms with E-state index in [0.29, 0.717) is 5.78 Å². The van der Waals surface area contributed by atoms with E-state index in [0.717, 1.165) is 31.4 Å². The Balaban J connectivity index is 1.85. The van der Waals surface area contributed by atoms with Crippen LogP contribution >= 0.6 is 11.3 Å². The van der Waals surface area contributed by atoms with Crippen LogP contribution in [0, 0.1) is 12.8 Å². The van der Waals surface area contributed by atoms with Gasteiger partial charge in [-0.15, -0.1) is 11.3 Å². The Labute approximate surface area is 130 Å². The minimum atomic E-state index is 0.110. The number of aryl methyl sites for hydroxylation is 1. The summed E-state index contributed by atoms with van der Waals surface area (Å²) < 4.78 is 0. The summed E-state index contributed by atoms with van der Waals surface area (Å²) in [7, 11) is 0. The van der Waals surface area contributed by atoms with Crippen LogP contribution in [0.15, 0.2) is 41.8 Å². The number of rotatable bonds is 4. The molecule has 2 unspecified atom stereocenters. The standard InChI is InChI=1S/C18H21NOS/c1-13-8-10-14(11-9-13)19-18(17-7-4-12-21-17)15-5-2-3-6-16(15)20/h4,7-12,15,18-19H,2-3,5-6H2,1H3. The van der Waals surface area contributed by atoms with Crippen molar-refractivity contribution in [3.8, 4) is 0 Å². The minimum Gasteiger partial charge on any atom is -0.377 e. The number of nitrogens with one attached hydrogen (secondary N) is 1. The van der Waals surface area contributed by atoms with Crippen molar-refractivity contribution in [2.75, 3.05) is 5.32 Å². The van der Waals surface area contributed by atoms with E-state index in [1.54, 1.807) is 11.3 Å².